The van der Waals surface area contributed by atoms with Crippen LogP contribution in [-0.2, 0) is 0 Å². The normalized spacial score (nSPS) is 20.4. The molecule has 6 heteroatoms. The van der Waals surface area contributed by atoms with E-state index in [2.05, 4.69) is 52.0 Å². The number of piperidine rings is 1. The minimum atomic E-state index is 0.259. The largest absolute Gasteiger partial charge is 0.349 e. The summed E-state index contributed by atoms with van der Waals surface area (Å²) in [6.07, 6.45) is 4.89. The molecule has 0 bridgehead atoms. The van der Waals surface area contributed by atoms with Gasteiger partial charge in [0.1, 0.15) is 5.82 Å². The van der Waals surface area contributed by atoms with Gasteiger partial charge in [-0.15, -0.1) is 11.6 Å². The molecule has 1 unspecified atom stereocenters. The fraction of sp³-hybridized carbons (Fsp3) is 0.409. The van der Waals surface area contributed by atoms with E-state index >= 15 is 0 Å². The van der Waals surface area contributed by atoms with Gasteiger partial charge in [0.25, 0.3) is 0 Å². The first-order valence-corrected chi connectivity index (χ1v) is 10.5. The number of anilines is 2. The molecular formula is C22H24ClN5. The molecule has 144 valence electrons. The Hall–Kier alpha value is -2.40. The number of hydrogen-bond donors (Lipinski definition) is 0. The summed E-state index contributed by atoms with van der Waals surface area (Å²) >= 11 is 6.29. The van der Waals surface area contributed by atoms with Crippen molar-refractivity contribution in [1.29, 1.82) is 0 Å². The molecule has 4 heterocycles. The molecule has 2 aliphatic rings. The van der Waals surface area contributed by atoms with Gasteiger partial charge in [-0.05, 0) is 49.4 Å². The Morgan fingerprint density at radius 2 is 1.79 bits per heavy atom. The Morgan fingerprint density at radius 1 is 0.964 bits per heavy atom. The Bertz CT molecular complexity index is 999. The number of alkyl halides is 1. The zero-order chi connectivity index (χ0) is 19.1. The van der Waals surface area contributed by atoms with E-state index in [0.717, 1.165) is 61.7 Å². The van der Waals surface area contributed by atoms with E-state index in [1.54, 1.807) is 0 Å². The quantitative estimate of drug-likeness (QED) is 0.613. The summed E-state index contributed by atoms with van der Waals surface area (Å²) in [5.74, 6) is 1.78. The van der Waals surface area contributed by atoms with Crippen LogP contribution in [0.2, 0.25) is 0 Å². The van der Waals surface area contributed by atoms with Crippen molar-refractivity contribution in [1.82, 2.24) is 15.0 Å². The van der Waals surface area contributed by atoms with E-state index in [4.69, 9.17) is 21.6 Å². The van der Waals surface area contributed by atoms with Gasteiger partial charge in [0.05, 0.1) is 11.4 Å². The summed E-state index contributed by atoms with van der Waals surface area (Å²) in [7, 11) is 0. The van der Waals surface area contributed by atoms with Gasteiger partial charge in [0.2, 0.25) is 5.95 Å². The lowest BCUT2D eigenvalue weighted by Crippen LogP contribution is -2.42. The van der Waals surface area contributed by atoms with E-state index in [9.17, 15) is 0 Å². The van der Waals surface area contributed by atoms with Crippen LogP contribution in [-0.4, -0.2) is 40.0 Å². The maximum Gasteiger partial charge on any atom is 0.229 e. The van der Waals surface area contributed by atoms with Gasteiger partial charge in [0.15, 0.2) is 5.65 Å². The molecular weight excluding hydrogens is 370 g/mol. The van der Waals surface area contributed by atoms with E-state index in [-0.39, 0.29) is 5.38 Å². The van der Waals surface area contributed by atoms with Crippen LogP contribution in [0.1, 0.15) is 36.4 Å². The van der Waals surface area contributed by atoms with Crippen LogP contribution >= 0.6 is 11.6 Å². The molecule has 0 N–H and O–H groups in total. The number of nitrogens with zero attached hydrogens (tertiary/aromatic N) is 5. The van der Waals surface area contributed by atoms with Gasteiger partial charge in [0, 0.05) is 31.2 Å². The maximum atomic E-state index is 6.29. The zero-order valence-electron chi connectivity index (χ0n) is 16.1. The number of pyridine rings is 1. The Kier molecular flexibility index (Phi) is 4.55. The zero-order valence-corrected chi connectivity index (χ0v) is 16.8. The molecule has 0 aliphatic carbocycles. The second-order valence-corrected chi connectivity index (χ2v) is 8.36. The van der Waals surface area contributed by atoms with E-state index in [0.29, 0.717) is 6.04 Å². The van der Waals surface area contributed by atoms with Crippen LogP contribution in [0, 0.1) is 6.92 Å². The summed E-state index contributed by atoms with van der Waals surface area (Å²) in [6, 6.07) is 13.1. The topological polar surface area (TPSA) is 45.2 Å². The van der Waals surface area contributed by atoms with E-state index in [1.165, 1.54) is 11.1 Å². The highest BCUT2D eigenvalue weighted by Crippen LogP contribution is 2.41. The Morgan fingerprint density at radius 3 is 2.54 bits per heavy atom. The van der Waals surface area contributed by atoms with Gasteiger partial charge in [-0.1, -0.05) is 24.3 Å². The highest BCUT2D eigenvalue weighted by atomic mass is 35.5. The van der Waals surface area contributed by atoms with Crippen LogP contribution in [0.3, 0.4) is 0 Å². The third kappa shape index (κ3) is 3.08. The number of benzene rings is 1. The lowest BCUT2D eigenvalue weighted by Gasteiger charge is -2.43. The molecule has 28 heavy (non-hydrogen) atoms. The molecule has 1 aromatic carbocycles. The second-order valence-electron chi connectivity index (χ2n) is 7.74. The van der Waals surface area contributed by atoms with Gasteiger partial charge >= 0.3 is 0 Å². The van der Waals surface area contributed by atoms with Crippen LogP contribution in [0.25, 0.3) is 11.0 Å². The molecule has 0 spiro atoms. The number of fused-ring (bicyclic) bond motifs is 1. The lowest BCUT2D eigenvalue weighted by molar-refractivity contribution is 0.460. The van der Waals surface area contributed by atoms with Gasteiger partial charge in [-0.2, -0.15) is 9.97 Å². The third-order valence-electron chi connectivity index (χ3n) is 5.99. The number of halogens is 1. The van der Waals surface area contributed by atoms with Crippen molar-refractivity contribution >= 4 is 34.4 Å². The van der Waals surface area contributed by atoms with Crippen LogP contribution in [0.5, 0.6) is 0 Å². The third-order valence-corrected chi connectivity index (χ3v) is 6.42. The molecule has 0 radical (unpaired) electrons. The number of hydrogen-bond acceptors (Lipinski definition) is 5. The molecule has 5 nitrogen and oxygen atoms in total. The summed E-state index contributed by atoms with van der Waals surface area (Å²) in [5.41, 5.74) is 3.48. The van der Waals surface area contributed by atoms with Crippen LogP contribution < -0.4 is 9.80 Å². The standard InChI is InChI=1S/C22H24ClN5/c1-15-5-2-3-6-17(15)19-10-14-28(19)21-18-7-4-11-24-20(18)25-22(26-21)27-12-8-16(23)9-13-27/h2-7,11,16,19H,8-10,12-14H2,1H3. The van der Waals surface area contributed by atoms with Gasteiger partial charge < -0.3 is 9.80 Å². The van der Waals surface area contributed by atoms with Crippen molar-refractivity contribution in [2.24, 2.45) is 0 Å². The molecule has 0 amide bonds. The summed E-state index contributed by atoms with van der Waals surface area (Å²) < 4.78 is 0. The van der Waals surface area contributed by atoms with Crippen LogP contribution in [0.15, 0.2) is 42.6 Å². The fourth-order valence-corrected chi connectivity index (χ4v) is 4.46. The number of aryl methyl sites for hydroxylation is 1. The molecule has 2 aromatic heterocycles. The van der Waals surface area contributed by atoms with Crippen molar-refractivity contribution in [3.8, 4) is 0 Å². The molecule has 5 rings (SSSR count). The fourth-order valence-electron chi connectivity index (χ4n) is 4.27. The predicted octanol–water partition coefficient (Wildman–Crippen LogP) is 4.49. The van der Waals surface area contributed by atoms with Crippen molar-refractivity contribution in [2.75, 3.05) is 29.4 Å². The van der Waals surface area contributed by atoms with E-state index < -0.39 is 0 Å². The number of rotatable bonds is 3. The summed E-state index contributed by atoms with van der Waals surface area (Å²) in [5, 5.41) is 1.28. The summed E-state index contributed by atoms with van der Waals surface area (Å²) in [4.78, 5) is 19.0. The smallest absolute Gasteiger partial charge is 0.229 e. The molecule has 2 aliphatic heterocycles. The van der Waals surface area contributed by atoms with Crippen molar-refractivity contribution in [3.05, 3.63) is 53.7 Å². The first-order chi connectivity index (χ1) is 13.7. The minimum absolute atomic E-state index is 0.259. The average Bonchev–Trinajstić information content (AvgIpc) is 2.69. The van der Waals surface area contributed by atoms with Crippen molar-refractivity contribution in [3.63, 3.8) is 0 Å². The van der Waals surface area contributed by atoms with E-state index in [1.807, 2.05) is 12.3 Å². The van der Waals surface area contributed by atoms with Gasteiger partial charge in [-0.3, -0.25) is 0 Å². The highest BCUT2D eigenvalue weighted by molar-refractivity contribution is 6.20. The van der Waals surface area contributed by atoms with Crippen LogP contribution in [0.4, 0.5) is 11.8 Å². The highest BCUT2D eigenvalue weighted by Gasteiger charge is 2.33. The lowest BCUT2D eigenvalue weighted by atomic mass is 9.91. The Labute approximate surface area is 170 Å². The molecule has 0 saturated carbocycles. The average molecular weight is 394 g/mol. The Balaban J connectivity index is 1.56. The molecule has 2 fully saturated rings. The monoisotopic (exact) mass is 393 g/mol. The number of aromatic nitrogens is 3. The second kappa shape index (κ2) is 7.21. The first kappa shape index (κ1) is 17.7. The van der Waals surface area contributed by atoms with Crippen molar-refractivity contribution in [2.45, 2.75) is 37.6 Å². The maximum absolute atomic E-state index is 6.29. The molecule has 2 saturated heterocycles. The van der Waals surface area contributed by atoms with Gasteiger partial charge in [-0.25, -0.2) is 4.98 Å². The van der Waals surface area contributed by atoms with Crippen molar-refractivity contribution < 1.29 is 0 Å². The SMILES string of the molecule is Cc1ccccc1C1CCN1c1nc(N2CCC(Cl)CC2)nc2ncccc12. The first-order valence-electron chi connectivity index (χ1n) is 10.0. The molecule has 3 aromatic rings. The summed E-state index contributed by atoms with van der Waals surface area (Å²) in [6.45, 7) is 4.98. The minimum Gasteiger partial charge on any atom is -0.349 e. The predicted molar refractivity (Wildman–Crippen MR) is 114 cm³/mol. The molecule has 1 atom stereocenters.